The van der Waals surface area contributed by atoms with Gasteiger partial charge in [-0.1, -0.05) is 36.8 Å². The Morgan fingerprint density at radius 1 is 1.14 bits per heavy atom. The van der Waals surface area contributed by atoms with E-state index >= 15 is 0 Å². The van der Waals surface area contributed by atoms with Crippen LogP contribution < -0.4 is 14.0 Å². The summed E-state index contributed by atoms with van der Waals surface area (Å²) in [5, 5.41) is 0. The van der Waals surface area contributed by atoms with Gasteiger partial charge in [-0.15, -0.1) is 11.8 Å². The topological polar surface area (TPSA) is 81.6 Å². The lowest BCUT2D eigenvalue weighted by Crippen LogP contribution is -2.63. The van der Waals surface area contributed by atoms with Crippen LogP contribution in [0.25, 0.3) is 0 Å². The Balaban J connectivity index is 1.90. The van der Waals surface area contributed by atoms with Gasteiger partial charge in [-0.3, -0.25) is 4.90 Å². The molecule has 5 nitrogen and oxygen atoms in total. The number of rotatable bonds is 5. The summed E-state index contributed by atoms with van der Waals surface area (Å²) in [6, 6.07) is 9.65. The number of benzene rings is 1. The van der Waals surface area contributed by atoms with Crippen LogP contribution in [0, 0.1) is 10.2 Å². The zero-order chi connectivity index (χ0) is 15.8. The Morgan fingerprint density at radius 3 is 2.32 bits per heavy atom. The second-order valence-corrected chi connectivity index (χ2v) is 7.77. The number of piperidine rings is 1. The molecule has 7 heteroatoms. The predicted molar refractivity (Wildman–Crippen MR) is 75.7 cm³/mol. The van der Waals surface area contributed by atoms with Crippen molar-refractivity contribution >= 4 is 11.8 Å². The fourth-order valence-electron chi connectivity index (χ4n) is 3.58. The van der Waals surface area contributed by atoms with E-state index < -0.39 is 15.2 Å². The summed E-state index contributed by atoms with van der Waals surface area (Å²) in [5.41, 5.74) is 1.02. The lowest BCUT2D eigenvalue weighted by Gasteiger charge is -2.27. The van der Waals surface area contributed by atoms with Crippen LogP contribution in [0.5, 0.6) is 0 Å². The Hall–Kier alpha value is -0.340. The maximum absolute atomic E-state index is 11.2. The van der Waals surface area contributed by atoms with E-state index in [-0.39, 0.29) is 12.0 Å². The van der Waals surface area contributed by atoms with E-state index in [0.717, 1.165) is 31.5 Å². The highest BCUT2D eigenvalue weighted by Crippen LogP contribution is 2.63. The van der Waals surface area contributed by atoms with E-state index in [1.807, 2.05) is 30.3 Å². The summed E-state index contributed by atoms with van der Waals surface area (Å²) in [6.45, 7) is 1.85. The zero-order valence-electron chi connectivity index (χ0n) is 12.4. The molecule has 3 unspecified atom stereocenters. The Morgan fingerprint density at radius 2 is 1.77 bits per heavy atom. The van der Waals surface area contributed by atoms with Crippen molar-refractivity contribution in [1.29, 1.82) is 0 Å². The molecule has 122 valence electrons. The zero-order valence-corrected chi connectivity index (χ0v) is 14.0. The molecule has 1 heterocycles. The highest BCUT2D eigenvalue weighted by molar-refractivity contribution is 8.00. The minimum absolute atomic E-state index is 0.0681. The molecule has 0 aromatic heterocycles. The van der Waals surface area contributed by atoms with E-state index in [1.165, 1.54) is 18.2 Å². The van der Waals surface area contributed by atoms with Crippen molar-refractivity contribution in [3.8, 4) is 0 Å². The van der Waals surface area contributed by atoms with E-state index in [9.17, 15) is 14.0 Å². The molecule has 0 radical (unpaired) electrons. The number of thioether (sulfide) groups is 1. The molecule has 0 N–H and O–H groups in total. The molecule has 0 spiro atoms. The first-order chi connectivity index (χ1) is 10.5. The molecule has 1 aromatic rings. The van der Waals surface area contributed by atoms with Gasteiger partial charge in [0.2, 0.25) is 0 Å². The fourth-order valence-corrected chi connectivity index (χ4v) is 5.53. The van der Waals surface area contributed by atoms with E-state index in [1.54, 1.807) is 6.26 Å². The van der Waals surface area contributed by atoms with Gasteiger partial charge in [-0.2, -0.15) is 14.0 Å². The molecular formula is C15H20ClNO4S. The largest absolute Gasteiger partial charge is 0.295 e. The molecule has 1 aromatic carbocycles. The first kappa shape index (κ1) is 16.5. The minimum Gasteiger partial charge on any atom is -0.295 e. The third-order valence-electron chi connectivity index (χ3n) is 4.53. The molecule has 1 aliphatic heterocycles. The number of hydrogen-bond acceptors (Lipinski definition) is 6. The average Bonchev–Trinajstić information content (AvgIpc) is 3.15. The second-order valence-electron chi connectivity index (χ2n) is 5.81. The first-order valence-corrected chi connectivity index (χ1v) is 9.89. The van der Waals surface area contributed by atoms with Gasteiger partial charge < -0.3 is 0 Å². The lowest BCUT2D eigenvalue weighted by atomic mass is 10.1. The van der Waals surface area contributed by atoms with Crippen LogP contribution in [-0.2, 0) is 4.29 Å². The fraction of sp³-hybridized carbons (Fsp3) is 0.600. The van der Waals surface area contributed by atoms with Crippen molar-refractivity contribution in [2.75, 3.05) is 19.3 Å². The van der Waals surface area contributed by atoms with Gasteiger partial charge in [0.25, 0.3) is 4.93 Å². The minimum atomic E-state index is -4.45. The molecular weight excluding hydrogens is 326 g/mol. The molecule has 1 aliphatic carbocycles. The monoisotopic (exact) mass is 345 g/mol. The third kappa shape index (κ3) is 3.14. The molecule has 2 fully saturated rings. The van der Waals surface area contributed by atoms with Crippen molar-refractivity contribution in [2.45, 2.75) is 36.2 Å². The van der Waals surface area contributed by atoms with Gasteiger partial charge in [0, 0.05) is 0 Å². The van der Waals surface area contributed by atoms with Gasteiger partial charge in [0.15, 0.2) is 0 Å². The smallest absolute Gasteiger partial charge is 0.293 e. The van der Waals surface area contributed by atoms with Gasteiger partial charge >= 0.3 is 0 Å². The molecule has 1 saturated carbocycles. The highest BCUT2D eigenvalue weighted by Gasteiger charge is 2.77. The van der Waals surface area contributed by atoms with Crippen LogP contribution >= 0.6 is 11.8 Å². The molecule has 2 aliphatic rings. The number of likely N-dealkylation sites (tertiary alicyclic amines) is 1. The van der Waals surface area contributed by atoms with Gasteiger partial charge in [0.05, 0.1) is 26.5 Å². The Kier molecular flexibility index (Phi) is 4.71. The molecule has 0 amide bonds. The lowest BCUT2D eigenvalue weighted by molar-refractivity contribution is -1.92. The maximum atomic E-state index is 11.2. The summed E-state index contributed by atoms with van der Waals surface area (Å²) >= 11 is 1.32. The summed E-state index contributed by atoms with van der Waals surface area (Å²) in [6.07, 6.45) is 5.21. The maximum Gasteiger partial charge on any atom is 0.293 e. The standard InChI is InChI=1S/C15H20ClNO4S/c1-22-15(21-16(18,19)20)13(12-8-4-2-5-9-12)14(15)17-10-6-3-7-11-17/h2,4-5,8-9,13-14H,3,6-7,10-11H2,1H3. The molecule has 22 heavy (non-hydrogen) atoms. The van der Waals surface area contributed by atoms with E-state index in [4.69, 9.17) is 4.29 Å². The molecule has 1 saturated heterocycles. The summed E-state index contributed by atoms with van der Waals surface area (Å²) in [5.74, 6) is -0.0991. The van der Waals surface area contributed by atoms with Gasteiger partial charge in [-0.05, 0) is 37.8 Å². The van der Waals surface area contributed by atoms with Crippen LogP contribution in [0.3, 0.4) is 0 Å². The summed E-state index contributed by atoms with van der Waals surface area (Å²) in [7, 11) is -4.45. The Labute approximate surface area is 137 Å². The SMILES string of the molecule is CSC1(O[Cl+3]([O-])([O-])[O-])C(c2ccccc2)C1N1CCCCC1. The van der Waals surface area contributed by atoms with Gasteiger partial charge in [0.1, 0.15) is 0 Å². The first-order valence-electron chi connectivity index (χ1n) is 7.43. The quantitative estimate of drug-likeness (QED) is 0.676. The van der Waals surface area contributed by atoms with Crippen LogP contribution in [0.15, 0.2) is 30.3 Å². The van der Waals surface area contributed by atoms with Crippen LogP contribution in [0.2, 0.25) is 0 Å². The van der Waals surface area contributed by atoms with Crippen LogP contribution in [-0.4, -0.2) is 35.2 Å². The summed E-state index contributed by atoms with van der Waals surface area (Å²) in [4.78, 5) is 1.28. The van der Waals surface area contributed by atoms with Gasteiger partial charge in [-0.25, -0.2) is 0 Å². The predicted octanol–water partition coefficient (Wildman–Crippen LogP) is -0.388. The summed E-state index contributed by atoms with van der Waals surface area (Å²) < 4.78 is 38.7. The van der Waals surface area contributed by atoms with Crippen LogP contribution in [0.4, 0.5) is 0 Å². The Bertz CT molecular complexity index is 506. The average molecular weight is 346 g/mol. The number of nitrogens with zero attached hydrogens (tertiary/aromatic N) is 1. The van der Waals surface area contributed by atoms with Crippen molar-refractivity contribution in [1.82, 2.24) is 4.90 Å². The van der Waals surface area contributed by atoms with Crippen molar-refractivity contribution in [3.05, 3.63) is 35.9 Å². The van der Waals surface area contributed by atoms with Crippen molar-refractivity contribution in [2.24, 2.45) is 0 Å². The second kappa shape index (κ2) is 6.28. The normalized spacial score (nSPS) is 32.9. The number of hydrogen-bond donors (Lipinski definition) is 0. The van der Waals surface area contributed by atoms with Crippen LogP contribution in [0.1, 0.15) is 30.7 Å². The molecule has 3 atom stereocenters. The van der Waals surface area contributed by atoms with Crippen molar-refractivity contribution in [3.63, 3.8) is 0 Å². The number of halogens is 1. The van der Waals surface area contributed by atoms with E-state index in [2.05, 4.69) is 4.90 Å². The van der Waals surface area contributed by atoms with E-state index in [0.29, 0.717) is 0 Å². The highest BCUT2D eigenvalue weighted by atomic mass is 35.7. The molecule has 0 bridgehead atoms. The molecule has 3 rings (SSSR count). The van der Waals surface area contributed by atoms with Crippen molar-refractivity contribution < 1.29 is 28.5 Å². The third-order valence-corrected chi connectivity index (χ3v) is 6.28.